The average Bonchev–Trinajstić information content (AvgIpc) is 3.15. The summed E-state index contributed by atoms with van der Waals surface area (Å²) in [6, 6.07) is 4.38. The van der Waals surface area contributed by atoms with Crippen molar-refractivity contribution in [2.75, 3.05) is 11.4 Å². The molecule has 3 heterocycles. The lowest BCUT2D eigenvalue weighted by Crippen LogP contribution is -2.45. The van der Waals surface area contributed by atoms with Crippen molar-refractivity contribution in [3.8, 4) is 0 Å². The maximum absolute atomic E-state index is 12.9. The number of rotatable bonds is 2. The second-order valence-electron chi connectivity index (χ2n) is 6.19. The normalized spacial score (nSPS) is 34.0. The summed E-state index contributed by atoms with van der Waals surface area (Å²) in [4.78, 5) is 25.2. The van der Waals surface area contributed by atoms with Crippen LogP contribution < -0.4 is 10.0 Å². The molecular weight excluding hydrogens is 327 g/mol. The largest absolute Gasteiger partial charge is 0.550 e. The molecule has 1 spiro atoms. The number of ether oxygens (including phenoxy) is 1. The van der Waals surface area contributed by atoms with Crippen LogP contribution in [-0.2, 0) is 20.5 Å². The maximum Gasteiger partial charge on any atom is 0.416 e. The number of carbonyl (C=O) groups is 2. The quantitative estimate of drug-likeness (QED) is 0.746. The molecule has 0 unspecified atom stereocenters. The summed E-state index contributed by atoms with van der Waals surface area (Å²) in [5.41, 5.74) is -1.92. The molecule has 3 aliphatic rings. The van der Waals surface area contributed by atoms with Gasteiger partial charge in [-0.15, -0.1) is 0 Å². The summed E-state index contributed by atoms with van der Waals surface area (Å²) in [7, 11) is 0. The average molecular weight is 338 g/mol. The first kappa shape index (κ1) is 15.2. The molecule has 4 rings (SSSR count). The summed E-state index contributed by atoms with van der Waals surface area (Å²) in [5, 5.41) is 11.4. The van der Waals surface area contributed by atoms with Gasteiger partial charge in [0.25, 0.3) is 0 Å². The van der Waals surface area contributed by atoms with Crippen LogP contribution in [0.2, 0.25) is 0 Å². The predicted octanol–water partition coefficient (Wildman–Crippen LogP) is 0.742. The Labute approximate surface area is 134 Å². The molecule has 126 valence electrons. The first-order valence-corrected chi connectivity index (χ1v) is 7.30. The van der Waals surface area contributed by atoms with Gasteiger partial charge in [-0.3, -0.25) is 4.79 Å². The van der Waals surface area contributed by atoms with Crippen LogP contribution in [0, 0.1) is 11.8 Å². The van der Waals surface area contributed by atoms with Crippen molar-refractivity contribution in [3.63, 3.8) is 0 Å². The van der Waals surface area contributed by atoms with Crippen molar-refractivity contribution in [2.24, 2.45) is 11.8 Å². The first-order valence-electron chi connectivity index (χ1n) is 7.30. The number of alkyl halides is 3. The lowest BCUT2D eigenvalue weighted by Gasteiger charge is -2.24. The third-order valence-electron chi connectivity index (χ3n) is 4.86. The minimum Gasteiger partial charge on any atom is -0.550 e. The van der Waals surface area contributed by atoms with Crippen molar-refractivity contribution in [2.45, 2.75) is 17.9 Å². The molecule has 2 bridgehead atoms. The predicted molar refractivity (Wildman–Crippen MR) is 72.5 cm³/mol. The molecule has 0 aliphatic carbocycles. The third kappa shape index (κ3) is 1.92. The van der Waals surface area contributed by atoms with E-state index in [1.165, 1.54) is 12.1 Å². The Morgan fingerprint density at radius 1 is 1.38 bits per heavy atom. The van der Waals surface area contributed by atoms with E-state index in [9.17, 15) is 27.9 Å². The van der Waals surface area contributed by atoms with Crippen molar-refractivity contribution in [1.82, 2.24) is 0 Å². The number of amides is 1. The fourth-order valence-corrected chi connectivity index (χ4v) is 3.84. The number of aliphatic carboxylic acids is 1. The lowest BCUT2D eigenvalue weighted by atomic mass is 9.77. The molecule has 24 heavy (non-hydrogen) atoms. The number of anilines is 1. The standard InChI is InChI=1S/C16H12F3NO4/c17-16(18,19)8-2-1-3-9(6-8)20-7-15-5-4-10(24-15)11(14(22)23)12(15)13(20)21/h1-6,10-12H,7H2,(H,22,23)/p-1/t10-,11-,12+,15-/m0/s1. The van der Waals surface area contributed by atoms with Gasteiger partial charge in [0, 0.05) is 17.6 Å². The smallest absolute Gasteiger partial charge is 0.416 e. The van der Waals surface area contributed by atoms with Crippen LogP contribution in [0.25, 0.3) is 0 Å². The Morgan fingerprint density at radius 2 is 2.12 bits per heavy atom. The minimum atomic E-state index is -4.53. The molecule has 0 N–H and O–H groups in total. The van der Waals surface area contributed by atoms with E-state index >= 15 is 0 Å². The number of carboxylic acid groups (broad SMARTS) is 1. The fourth-order valence-electron chi connectivity index (χ4n) is 3.84. The Hall–Kier alpha value is -2.35. The van der Waals surface area contributed by atoms with Gasteiger partial charge in [-0.2, -0.15) is 13.2 Å². The highest BCUT2D eigenvalue weighted by Gasteiger charge is 2.65. The number of fused-ring (bicyclic) bond motifs is 1. The summed E-state index contributed by atoms with van der Waals surface area (Å²) in [5.74, 6) is -4.06. The van der Waals surface area contributed by atoms with Crippen molar-refractivity contribution in [1.29, 1.82) is 0 Å². The van der Waals surface area contributed by atoms with Crippen LogP contribution in [-0.4, -0.2) is 30.1 Å². The molecule has 1 aromatic carbocycles. The van der Waals surface area contributed by atoms with Crippen LogP contribution in [0.3, 0.4) is 0 Å². The Kier molecular flexibility index (Phi) is 2.91. The molecule has 0 radical (unpaired) electrons. The van der Waals surface area contributed by atoms with Crippen LogP contribution in [0.15, 0.2) is 36.4 Å². The number of carbonyl (C=O) groups excluding carboxylic acids is 2. The molecular formula is C16H11F3NO4-. The van der Waals surface area contributed by atoms with E-state index in [0.29, 0.717) is 0 Å². The van der Waals surface area contributed by atoms with Crippen LogP contribution >= 0.6 is 0 Å². The van der Waals surface area contributed by atoms with Gasteiger partial charge in [0.15, 0.2) is 0 Å². The molecule has 1 aromatic rings. The number of nitrogens with zero attached hydrogens (tertiary/aromatic N) is 1. The second kappa shape index (κ2) is 4.60. The topological polar surface area (TPSA) is 69.7 Å². The van der Waals surface area contributed by atoms with E-state index in [-0.39, 0.29) is 12.2 Å². The zero-order chi connectivity index (χ0) is 17.3. The van der Waals surface area contributed by atoms with E-state index < -0.39 is 47.2 Å². The van der Waals surface area contributed by atoms with Gasteiger partial charge in [0.1, 0.15) is 5.60 Å². The summed E-state index contributed by atoms with van der Waals surface area (Å²) < 4.78 is 44.3. The Bertz CT molecular complexity index is 775. The van der Waals surface area contributed by atoms with E-state index in [1.54, 1.807) is 12.2 Å². The van der Waals surface area contributed by atoms with Gasteiger partial charge in [-0.05, 0) is 18.2 Å². The van der Waals surface area contributed by atoms with Crippen LogP contribution in [0.5, 0.6) is 0 Å². The third-order valence-corrected chi connectivity index (χ3v) is 4.86. The highest BCUT2D eigenvalue weighted by atomic mass is 19.4. The molecule has 3 aliphatic heterocycles. The number of hydrogen-bond acceptors (Lipinski definition) is 4. The zero-order valence-corrected chi connectivity index (χ0v) is 12.1. The van der Waals surface area contributed by atoms with Crippen LogP contribution in [0.4, 0.5) is 18.9 Å². The number of carboxylic acids is 1. The van der Waals surface area contributed by atoms with Gasteiger partial charge < -0.3 is 19.5 Å². The number of halogens is 3. The van der Waals surface area contributed by atoms with E-state index in [1.807, 2.05) is 0 Å². The Balaban J connectivity index is 1.72. The van der Waals surface area contributed by atoms with Crippen molar-refractivity contribution in [3.05, 3.63) is 42.0 Å². The molecule has 0 saturated carbocycles. The molecule has 2 saturated heterocycles. The van der Waals surface area contributed by atoms with Gasteiger partial charge >= 0.3 is 6.18 Å². The summed E-state index contributed by atoms with van der Waals surface area (Å²) in [6.07, 6.45) is -2.06. The molecule has 4 atom stereocenters. The van der Waals surface area contributed by atoms with E-state index in [2.05, 4.69) is 0 Å². The summed E-state index contributed by atoms with van der Waals surface area (Å²) >= 11 is 0. The highest BCUT2D eigenvalue weighted by Crippen LogP contribution is 2.52. The summed E-state index contributed by atoms with van der Waals surface area (Å²) in [6.45, 7) is -0.0193. The first-order chi connectivity index (χ1) is 11.2. The lowest BCUT2D eigenvalue weighted by molar-refractivity contribution is -0.313. The van der Waals surface area contributed by atoms with Gasteiger partial charge in [-0.25, -0.2) is 0 Å². The molecule has 8 heteroatoms. The zero-order valence-electron chi connectivity index (χ0n) is 12.1. The fraction of sp³-hybridized carbons (Fsp3) is 0.375. The van der Waals surface area contributed by atoms with Gasteiger partial charge in [-0.1, -0.05) is 18.2 Å². The van der Waals surface area contributed by atoms with Crippen LogP contribution in [0.1, 0.15) is 5.56 Å². The van der Waals surface area contributed by atoms with E-state index in [4.69, 9.17) is 4.74 Å². The molecule has 5 nitrogen and oxygen atoms in total. The second-order valence-corrected chi connectivity index (χ2v) is 6.19. The van der Waals surface area contributed by atoms with Crippen molar-refractivity contribution < 1.29 is 32.6 Å². The molecule has 2 fully saturated rings. The van der Waals surface area contributed by atoms with Gasteiger partial charge in [0.05, 0.1) is 24.1 Å². The highest BCUT2D eigenvalue weighted by molar-refractivity contribution is 6.02. The Morgan fingerprint density at radius 3 is 2.79 bits per heavy atom. The maximum atomic E-state index is 12.9. The van der Waals surface area contributed by atoms with E-state index in [0.717, 1.165) is 17.0 Å². The molecule has 1 amide bonds. The number of benzene rings is 1. The SMILES string of the molecule is O=C([O-])[C@H]1[C@@H]2C=C[C@@]3(CN(c4cccc(C(F)(F)F)c4)C(=O)[C@@H]13)O2. The number of hydrogen-bond donors (Lipinski definition) is 0. The minimum absolute atomic E-state index is 0.0193. The molecule has 0 aromatic heterocycles. The van der Waals surface area contributed by atoms with Crippen molar-refractivity contribution >= 4 is 17.6 Å². The van der Waals surface area contributed by atoms with Gasteiger partial charge in [0.2, 0.25) is 5.91 Å². The monoisotopic (exact) mass is 338 g/mol.